The standard InChI is InChI=1S/C4H4Se.2C4H2Se.6CH3.2Li.2Sn/c3*1-2-4-5-3-1;;;;;;;;;;/h1-4H;2*1-2H;6*1H3;;;;/q;;-2;;;;;;;2*+1;;. The second-order valence-corrected chi connectivity index (χ2v) is 45.9. The monoisotopic (exact) mass is 736 g/mol. The van der Waals surface area contributed by atoms with E-state index in [0.29, 0.717) is 29.0 Å². The van der Waals surface area contributed by atoms with Crippen LogP contribution in [0.1, 0.15) is 0 Å². The Balaban J connectivity index is 0. The van der Waals surface area contributed by atoms with E-state index in [-0.39, 0.29) is 37.7 Å². The molecule has 3 aromatic heterocycles. The van der Waals surface area contributed by atoms with Crippen LogP contribution in [0.5, 0.6) is 0 Å². The van der Waals surface area contributed by atoms with E-state index in [1.165, 1.54) is 0 Å². The van der Waals surface area contributed by atoms with E-state index >= 15 is 0 Å². The van der Waals surface area contributed by atoms with Crippen LogP contribution >= 0.6 is 0 Å². The van der Waals surface area contributed by atoms with Gasteiger partial charge in [-0.3, -0.25) is 0 Å². The average Bonchev–Trinajstić information content (AvgIpc) is 3.22. The fourth-order valence-electron chi connectivity index (χ4n) is 1.54. The van der Waals surface area contributed by atoms with Crippen molar-refractivity contribution in [1.82, 2.24) is 0 Å². The average molecular weight is 731 g/mol. The van der Waals surface area contributed by atoms with Crippen LogP contribution in [-0.4, -0.2) is 80.3 Å². The van der Waals surface area contributed by atoms with Crippen LogP contribution in [0.3, 0.4) is 0 Å². The molecule has 3 aromatic rings. The third kappa shape index (κ3) is 14.4. The van der Waals surface area contributed by atoms with E-state index in [9.17, 15) is 0 Å². The molecule has 0 radical (unpaired) electrons. The summed E-state index contributed by atoms with van der Waals surface area (Å²) in [5.41, 5.74) is 0. The summed E-state index contributed by atoms with van der Waals surface area (Å²) in [7, 11) is 0. The molecule has 0 aliphatic heterocycles. The summed E-state index contributed by atoms with van der Waals surface area (Å²) < 4.78 is 3.78. The fraction of sp³-hybridized carbons (Fsp3) is 0.333. The second kappa shape index (κ2) is 15.6. The predicted molar refractivity (Wildman–Crippen MR) is 114 cm³/mol. The second-order valence-electron chi connectivity index (χ2n) is 7.13. The maximum atomic E-state index is 2.99. The Morgan fingerprint density at radius 3 is 1.28 bits per heavy atom. The minimum absolute atomic E-state index is 0. The van der Waals surface area contributed by atoms with Gasteiger partial charge < -0.3 is 0 Å². The zero-order valence-electron chi connectivity index (χ0n) is 16.8. The van der Waals surface area contributed by atoms with E-state index in [4.69, 9.17) is 0 Å². The molecule has 0 spiro atoms. The van der Waals surface area contributed by atoms with Gasteiger partial charge in [-0.25, -0.2) is 0 Å². The van der Waals surface area contributed by atoms with E-state index in [2.05, 4.69) is 73.7 Å². The van der Waals surface area contributed by atoms with Crippen LogP contribution in [0.2, 0.25) is 29.6 Å². The number of hydrogen-bond donors (Lipinski definition) is 0. The van der Waals surface area contributed by atoms with Crippen molar-refractivity contribution in [2.75, 3.05) is 0 Å². The molecule has 0 N–H and O–H groups in total. The molecule has 0 amide bonds. The van der Waals surface area contributed by atoms with E-state index in [1.807, 2.05) is 17.0 Å². The molecule has 25 heavy (non-hydrogen) atoms. The first kappa shape index (κ1) is 30.0. The summed E-state index contributed by atoms with van der Waals surface area (Å²) in [6, 6.07) is 12.9. The Hall–Kier alpha value is 2.79. The molecular formula is C18H26Li2Se3Sn2. The predicted octanol–water partition coefficient (Wildman–Crippen LogP) is -3.07. The molecule has 0 saturated heterocycles. The molecule has 0 bridgehead atoms. The molecule has 3 heterocycles. The summed E-state index contributed by atoms with van der Waals surface area (Å²) in [6.07, 6.45) is 0. The topological polar surface area (TPSA) is 0 Å². The van der Waals surface area contributed by atoms with Gasteiger partial charge in [0.05, 0.1) is 0 Å². The van der Waals surface area contributed by atoms with Crippen molar-refractivity contribution in [3.63, 3.8) is 0 Å². The molecular weight excluding hydrogens is 704 g/mol. The van der Waals surface area contributed by atoms with Gasteiger partial charge in [0.2, 0.25) is 0 Å². The zero-order valence-corrected chi connectivity index (χ0v) is 27.7. The molecule has 0 aliphatic carbocycles. The van der Waals surface area contributed by atoms with Gasteiger partial charge >= 0.3 is 209 Å². The molecule has 126 valence electrons. The van der Waals surface area contributed by atoms with Gasteiger partial charge in [-0.05, 0) is 0 Å². The van der Waals surface area contributed by atoms with Gasteiger partial charge in [-0.1, -0.05) is 0 Å². The SMILES string of the molecule is [CH3][Sn]([CH3])([CH3])[c]1cc[c]([Sn]([CH3])([CH3])[CH3])[se]1.[Li+].[Li+].[c-]1cc[c-][se]1.c1cc[se]c1. The van der Waals surface area contributed by atoms with Crippen molar-refractivity contribution >= 4 is 85.2 Å². The van der Waals surface area contributed by atoms with Crippen molar-refractivity contribution in [2.24, 2.45) is 0 Å². The third-order valence-electron chi connectivity index (χ3n) is 2.85. The van der Waals surface area contributed by atoms with Gasteiger partial charge in [0.25, 0.3) is 0 Å². The third-order valence-corrected chi connectivity index (χ3v) is 36.4. The van der Waals surface area contributed by atoms with Crippen LogP contribution in [0.15, 0.2) is 46.3 Å². The molecule has 0 saturated carbocycles. The first-order chi connectivity index (χ1) is 10.7. The molecule has 0 fully saturated rings. The van der Waals surface area contributed by atoms with Gasteiger partial charge in [0.1, 0.15) is 0 Å². The van der Waals surface area contributed by atoms with Gasteiger partial charge in [0.15, 0.2) is 0 Å². The van der Waals surface area contributed by atoms with Gasteiger partial charge in [-0.2, -0.15) is 0 Å². The Kier molecular flexibility index (Phi) is 18.7. The van der Waals surface area contributed by atoms with Crippen LogP contribution in [0.25, 0.3) is 0 Å². The summed E-state index contributed by atoms with van der Waals surface area (Å²) in [5.74, 6) is 0. The first-order valence-corrected chi connectivity index (χ1v) is 33.0. The van der Waals surface area contributed by atoms with E-state index in [0.717, 1.165) is 14.5 Å². The summed E-state index contributed by atoms with van der Waals surface area (Å²) in [6.45, 7) is 0. The van der Waals surface area contributed by atoms with Crippen LogP contribution in [0.4, 0.5) is 0 Å². The zero-order chi connectivity index (χ0) is 17.3. The minimum atomic E-state index is -1.68. The molecule has 0 atom stereocenters. The van der Waals surface area contributed by atoms with Crippen molar-refractivity contribution in [3.05, 3.63) is 56.2 Å². The van der Waals surface area contributed by atoms with E-state index < -0.39 is 36.8 Å². The van der Waals surface area contributed by atoms with Crippen LogP contribution in [-0.2, 0) is 0 Å². The molecule has 3 rings (SSSR count). The summed E-state index contributed by atoms with van der Waals surface area (Å²) >= 11 is -1.41. The molecule has 7 heteroatoms. The molecule has 0 unspecified atom stereocenters. The Labute approximate surface area is 205 Å². The Morgan fingerprint density at radius 1 is 0.720 bits per heavy atom. The fourth-order valence-corrected chi connectivity index (χ4v) is 25.6. The van der Waals surface area contributed by atoms with Crippen LogP contribution < -0.4 is 42.6 Å². The Morgan fingerprint density at radius 2 is 1.12 bits per heavy atom. The van der Waals surface area contributed by atoms with Crippen molar-refractivity contribution in [3.8, 4) is 0 Å². The van der Waals surface area contributed by atoms with Gasteiger partial charge in [0, 0.05) is 0 Å². The summed E-state index contributed by atoms with van der Waals surface area (Å²) in [4.78, 5) is 25.6. The normalized spacial score (nSPS) is 10.2. The summed E-state index contributed by atoms with van der Waals surface area (Å²) in [5, 5.41) is 0. The first-order valence-electron chi connectivity index (χ1n) is 7.61. The van der Waals surface area contributed by atoms with Crippen molar-refractivity contribution in [2.45, 2.75) is 29.6 Å². The van der Waals surface area contributed by atoms with Crippen LogP contribution in [0, 0.1) is 9.88 Å². The van der Waals surface area contributed by atoms with Crippen molar-refractivity contribution in [1.29, 1.82) is 0 Å². The number of hydrogen-bond acceptors (Lipinski definition) is 0. The van der Waals surface area contributed by atoms with Crippen molar-refractivity contribution < 1.29 is 37.7 Å². The van der Waals surface area contributed by atoms with E-state index in [1.54, 1.807) is 0 Å². The van der Waals surface area contributed by atoms with Gasteiger partial charge in [-0.15, -0.1) is 0 Å². The number of rotatable bonds is 2. The molecule has 0 aliphatic rings. The quantitative estimate of drug-likeness (QED) is 0.194. The molecule has 0 nitrogen and oxygen atoms in total. The Bertz CT molecular complexity index is 533. The maximum absolute atomic E-state index is 2.99. The molecule has 0 aromatic carbocycles.